The third-order valence-electron chi connectivity index (χ3n) is 3.30. The highest BCUT2D eigenvalue weighted by Gasteiger charge is 2.18. The quantitative estimate of drug-likeness (QED) is 0.428. The molecule has 1 N–H and O–H groups in total. The summed E-state index contributed by atoms with van der Waals surface area (Å²) in [7, 11) is 0. The number of nitro benzene ring substituents is 1. The molecule has 9 heteroatoms. The number of benzene rings is 1. The van der Waals surface area contributed by atoms with E-state index in [4.69, 9.17) is 9.47 Å². The summed E-state index contributed by atoms with van der Waals surface area (Å²) in [5, 5.41) is 13.7. The van der Waals surface area contributed by atoms with E-state index in [-0.39, 0.29) is 18.9 Å². The SMILES string of the molecule is CCOC(=O)c1cc(CC)sc1NC(=O)COc1ccc([N+](=O)[O-])cc1. The van der Waals surface area contributed by atoms with Crippen molar-refractivity contribution in [1.82, 2.24) is 0 Å². The van der Waals surface area contributed by atoms with Gasteiger partial charge in [-0.1, -0.05) is 6.92 Å². The van der Waals surface area contributed by atoms with Crippen molar-refractivity contribution in [2.24, 2.45) is 0 Å². The summed E-state index contributed by atoms with van der Waals surface area (Å²) in [5.74, 6) is -0.606. The number of amides is 1. The van der Waals surface area contributed by atoms with Crippen LogP contribution in [0.3, 0.4) is 0 Å². The van der Waals surface area contributed by atoms with Gasteiger partial charge in [-0.15, -0.1) is 11.3 Å². The number of non-ortho nitro benzene ring substituents is 1. The molecule has 0 aliphatic heterocycles. The number of nitro groups is 1. The predicted octanol–water partition coefficient (Wildman–Crippen LogP) is 3.41. The molecule has 2 rings (SSSR count). The molecule has 26 heavy (non-hydrogen) atoms. The van der Waals surface area contributed by atoms with Crippen molar-refractivity contribution >= 4 is 33.9 Å². The second kappa shape index (κ2) is 8.95. The first-order valence-electron chi connectivity index (χ1n) is 7.91. The van der Waals surface area contributed by atoms with Gasteiger partial charge >= 0.3 is 5.97 Å². The van der Waals surface area contributed by atoms with Gasteiger partial charge in [0.1, 0.15) is 10.8 Å². The van der Waals surface area contributed by atoms with E-state index in [1.165, 1.54) is 35.6 Å². The number of anilines is 1. The number of aryl methyl sites for hydroxylation is 1. The van der Waals surface area contributed by atoms with E-state index in [2.05, 4.69) is 5.32 Å². The lowest BCUT2D eigenvalue weighted by Crippen LogP contribution is -2.21. The highest BCUT2D eigenvalue weighted by molar-refractivity contribution is 7.16. The molecular formula is C17H18N2O6S. The fourth-order valence-corrected chi connectivity index (χ4v) is 3.05. The maximum absolute atomic E-state index is 12.1. The number of nitrogens with one attached hydrogen (secondary N) is 1. The number of carbonyl (C=O) groups excluding carboxylic acids is 2. The van der Waals surface area contributed by atoms with Crippen LogP contribution in [0.25, 0.3) is 0 Å². The first-order valence-corrected chi connectivity index (χ1v) is 8.73. The van der Waals surface area contributed by atoms with Gasteiger partial charge in [0.15, 0.2) is 6.61 Å². The molecule has 0 saturated heterocycles. The summed E-state index contributed by atoms with van der Waals surface area (Å²) in [4.78, 5) is 35.1. The van der Waals surface area contributed by atoms with Gasteiger partial charge in [-0.25, -0.2) is 4.79 Å². The predicted molar refractivity (Wildman–Crippen MR) is 96.9 cm³/mol. The maximum atomic E-state index is 12.1. The van der Waals surface area contributed by atoms with Gasteiger partial charge in [0.2, 0.25) is 0 Å². The Labute approximate surface area is 153 Å². The van der Waals surface area contributed by atoms with Crippen LogP contribution in [-0.2, 0) is 16.0 Å². The molecule has 0 aliphatic rings. The molecule has 0 saturated carbocycles. The molecule has 0 bridgehead atoms. The molecule has 1 aromatic heterocycles. The number of esters is 1. The van der Waals surface area contributed by atoms with Crippen LogP contribution in [0.1, 0.15) is 29.1 Å². The van der Waals surface area contributed by atoms with E-state index in [0.717, 1.165) is 11.3 Å². The van der Waals surface area contributed by atoms with Crippen molar-refractivity contribution in [2.45, 2.75) is 20.3 Å². The molecule has 1 aromatic carbocycles. The minimum Gasteiger partial charge on any atom is -0.484 e. The second-order valence-electron chi connectivity index (χ2n) is 5.12. The molecule has 0 unspecified atom stereocenters. The molecule has 0 spiro atoms. The van der Waals surface area contributed by atoms with E-state index >= 15 is 0 Å². The van der Waals surface area contributed by atoms with Crippen LogP contribution < -0.4 is 10.1 Å². The van der Waals surface area contributed by atoms with Crippen molar-refractivity contribution in [1.29, 1.82) is 0 Å². The number of thiophene rings is 1. The number of ether oxygens (including phenoxy) is 2. The summed E-state index contributed by atoms with van der Waals surface area (Å²) in [6, 6.07) is 7.11. The summed E-state index contributed by atoms with van der Waals surface area (Å²) >= 11 is 1.31. The Morgan fingerprint density at radius 2 is 1.92 bits per heavy atom. The Bertz CT molecular complexity index is 800. The van der Waals surface area contributed by atoms with Crippen LogP contribution in [0.2, 0.25) is 0 Å². The fourth-order valence-electron chi connectivity index (χ4n) is 2.05. The highest BCUT2D eigenvalue weighted by Crippen LogP contribution is 2.29. The molecule has 0 fully saturated rings. The van der Waals surface area contributed by atoms with E-state index in [1.54, 1.807) is 13.0 Å². The van der Waals surface area contributed by atoms with Crippen molar-refractivity contribution in [2.75, 3.05) is 18.5 Å². The zero-order valence-corrected chi connectivity index (χ0v) is 15.1. The van der Waals surface area contributed by atoms with Crippen molar-refractivity contribution in [3.8, 4) is 5.75 Å². The Kier molecular flexibility index (Phi) is 6.67. The number of rotatable bonds is 8. The average Bonchev–Trinajstić information content (AvgIpc) is 3.03. The molecule has 8 nitrogen and oxygen atoms in total. The topological polar surface area (TPSA) is 108 Å². The van der Waals surface area contributed by atoms with Gasteiger partial charge in [0.25, 0.3) is 11.6 Å². The fraction of sp³-hybridized carbons (Fsp3) is 0.294. The van der Waals surface area contributed by atoms with E-state index in [9.17, 15) is 19.7 Å². The lowest BCUT2D eigenvalue weighted by Gasteiger charge is -2.08. The third kappa shape index (κ3) is 5.03. The first kappa shape index (κ1) is 19.4. The van der Waals surface area contributed by atoms with Crippen LogP contribution in [0.4, 0.5) is 10.7 Å². The third-order valence-corrected chi connectivity index (χ3v) is 4.49. The number of carbonyl (C=O) groups is 2. The lowest BCUT2D eigenvalue weighted by atomic mass is 10.2. The Hall–Kier alpha value is -2.94. The van der Waals surface area contributed by atoms with E-state index < -0.39 is 16.8 Å². The van der Waals surface area contributed by atoms with Gasteiger partial charge in [-0.05, 0) is 31.5 Å². The largest absolute Gasteiger partial charge is 0.484 e. The molecule has 0 aliphatic carbocycles. The minimum absolute atomic E-state index is 0.0634. The zero-order valence-electron chi connectivity index (χ0n) is 14.3. The van der Waals surface area contributed by atoms with Crippen LogP contribution in [0, 0.1) is 10.1 Å². The van der Waals surface area contributed by atoms with Crippen LogP contribution in [-0.4, -0.2) is 30.0 Å². The molecule has 1 heterocycles. The smallest absolute Gasteiger partial charge is 0.341 e. The standard InChI is InChI=1S/C17H18N2O6S/c1-3-13-9-14(17(21)24-4-2)16(26-13)18-15(20)10-25-12-7-5-11(6-8-12)19(22)23/h5-9H,3-4,10H2,1-2H3,(H,18,20). The van der Waals surface area contributed by atoms with Crippen LogP contribution in [0.5, 0.6) is 5.75 Å². The van der Waals surface area contributed by atoms with Gasteiger partial charge in [0, 0.05) is 17.0 Å². The first-order chi connectivity index (χ1) is 12.4. The monoisotopic (exact) mass is 378 g/mol. The van der Waals surface area contributed by atoms with Crippen LogP contribution >= 0.6 is 11.3 Å². The average molecular weight is 378 g/mol. The minimum atomic E-state index is -0.518. The van der Waals surface area contributed by atoms with Gasteiger partial charge in [-0.3, -0.25) is 14.9 Å². The highest BCUT2D eigenvalue weighted by atomic mass is 32.1. The Morgan fingerprint density at radius 1 is 1.23 bits per heavy atom. The number of nitrogens with zero attached hydrogens (tertiary/aromatic N) is 1. The van der Waals surface area contributed by atoms with Gasteiger partial charge < -0.3 is 14.8 Å². The van der Waals surface area contributed by atoms with Gasteiger partial charge in [-0.2, -0.15) is 0 Å². The molecular weight excluding hydrogens is 360 g/mol. The maximum Gasteiger partial charge on any atom is 0.341 e. The van der Waals surface area contributed by atoms with Crippen molar-refractivity contribution in [3.63, 3.8) is 0 Å². The van der Waals surface area contributed by atoms with E-state index in [0.29, 0.717) is 16.3 Å². The Balaban J connectivity index is 1.99. The van der Waals surface area contributed by atoms with Crippen molar-refractivity contribution < 1.29 is 24.0 Å². The summed E-state index contributed by atoms with van der Waals surface area (Å²) in [5.41, 5.74) is 0.254. The summed E-state index contributed by atoms with van der Waals surface area (Å²) in [6.45, 7) is 3.61. The zero-order chi connectivity index (χ0) is 19.1. The summed E-state index contributed by atoms with van der Waals surface area (Å²) < 4.78 is 10.3. The molecule has 0 atom stereocenters. The normalized spacial score (nSPS) is 10.2. The molecule has 2 aromatic rings. The summed E-state index contributed by atoms with van der Waals surface area (Å²) in [6.07, 6.45) is 0.728. The van der Waals surface area contributed by atoms with Gasteiger partial charge in [0.05, 0.1) is 17.1 Å². The number of hydrogen-bond acceptors (Lipinski definition) is 7. The second-order valence-corrected chi connectivity index (χ2v) is 6.25. The molecule has 1 amide bonds. The number of hydrogen-bond donors (Lipinski definition) is 1. The molecule has 138 valence electrons. The van der Waals surface area contributed by atoms with Crippen molar-refractivity contribution in [3.05, 3.63) is 50.9 Å². The molecule has 0 radical (unpaired) electrons. The Morgan fingerprint density at radius 3 is 2.50 bits per heavy atom. The lowest BCUT2D eigenvalue weighted by molar-refractivity contribution is -0.384. The van der Waals surface area contributed by atoms with E-state index in [1.807, 2.05) is 6.92 Å². The van der Waals surface area contributed by atoms with Crippen LogP contribution in [0.15, 0.2) is 30.3 Å².